The number of benzene rings is 2. The summed E-state index contributed by atoms with van der Waals surface area (Å²) in [5.74, 6) is 0.569. The van der Waals surface area contributed by atoms with Gasteiger partial charge in [-0.25, -0.2) is 4.98 Å². The van der Waals surface area contributed by atoms with E-state index >= 15 is 0 Å². The van der Waals surface area contributed by atoms with Crippen molar-refractivity contribution < 1.29 is 13.2 Å². The molecule has 3 rings (SSSR count). The molecule has 20 heavy (non-hydrogen) atoms. The van der Waals surface area contributed by atoms with E-state index in [1.807, 2.05) is 31.2 Å². The average Bonchev–Trinajstić information content (AvgIpc) is 2.81. The number of nitrogens with one attached hydrogen (secondary N) is 1. The molecule has 0 radical (unpaired) electrons. The fourth-order valence-corrected chi connectivity index (χ4v) is 2.03. The van der Waals surface area contributed by atoms with Crippen LogP contribution in [-0.2, 0) is 6.18 Å². The molecule has 0 saturated carbocycles. The zero-order valence-electron chi connectivity index (χ0n) is 10.6. The van der Waals surface area contributed by atoms with Gasteiger partial charge in [-0.3, -0.25) is 0 Å². The molecule has 0 atom stereocenters. The summed E-state index contributed by atoms with van der Waals surface area (Å²) in [6, 6.07) is 11.2. The van der Waals surface area contributed by atoms with Crippen LogP contribution in [0, 0.1) is 6.92 Å². The molecule has 3 aromatic rings. The third-order valence-corrected chi connectivity index (χ3v) is 3.13. The van der Waals surface area contributed by atoms with Gasteiger partial charge in [0.1, 0.15) is 5.82 Å². The van der Waals surface area contributed by atoms with E-state index < -0.39 is 11.7 Å². The van der Waals surface area contributed by atoms with Gasteiger partial charge >= 0.3 is 6.18 Å². The molecule has 1 N–H and O–H groups in total. The first-order valence-corrected chi connectivity index (χ1v) is 6.07. The number of rotatable bonds is 1. The van der Waals surface area contributed by atoms with E-state index in [2.05, 4.69) is 9.97 Å². The fraction of sp³-hybridized carbons (Fsp3) is 0.133. The summed E-state index contributed by atoms with van der Waals surface area (Å²) in [5.41, 5.74) is 2.19. The van der Waals surface area contributed by atoms with Crippen LogP contribution in [0.2, 0.25) is 0 Å². The lowest BCUT2D eigenvalue weighted by molar-refractivity contribution is -0.137. The number of hydrogen-bond acceptors (Lipinski definition) is 1. The predicted octanol–water partition coefficient (Wildman–Crippen LogP) is 4.56. The van der Waals surface area contributed by atoms with Gasteiger partial charge in [-0.1, -0.05) is 29.8 Å². The highest BCUT2D eigenvalue weighted by Gasteiger charge is 2.30. The van der Waals surface area contributed by atoms with Crippen molar-refractivity contribution in [2.45, 2.75) is 13.1 Å². The monoisotopic (exact) mass is 276 g/mol. The summed E-state index contributed by atoms with van der Waals surface area (Å²) >= 11 is 0. The minimum Gasteiger partial charge on any atom is -0.338 e. The Morgan fingerprint density at radius 1 is 1.00 bits per heavy atom. The van der Waals surface area contributed by atoms with Crippen molar-refractivity contribution in [3.05, 3.63) is 53.6 Å². The molecule has 102 valence electrons. The van der Waals surface area contributed by atoms with Gasteiger partial charge in [0.2, 0.25) is 0 Å². The molecule has 0 unspecified atom stereocenters. The Kier molecular flexibility index (Phi) is 2.78. The maximum Gasteiger partial charge on any atom is 0.416 e. The number of imidazole rings is 1. The van der Waals surface area contributed by atoms with E-state index in [-0.39, 0.29) is 0 Å². The lowest BCUT2D eigenvalue weighted by Gasteiger charge is -2.05. The Balaban J connectivity index is 2.09. The van der Waals surface area contributed by atoms with Crippen molar-refractivity contribution in [1.29, 1.82) is 0 Å². The topological polar surface area (TPSA) is 28.7 Å². The number of aromatic nitrogens is 2. The van der Waals surface area contributed by atoms with Gasteiger partial charge in [0.05, 0.1) is 16.6 Å². The number of halogens is 3. The molecule has 2 nitrogen and oxygen atoms in total. The number of fused-ring (bicyclic) bond motifs is 1. The van der Waals surface area contributed by atoms with E-state index in [9.17, 15) is 13.2 Å². The number of H-pyrrole nitrogens is 1. The van der Waals surface area contributed by atoms with Crippen LogP contribution in [-0.4, -0.2) is 9.97 Å². The van der Waals surface area contributed by atoms with Gasteiger partial charge in [0.15, 0.2) is 0 Å². The quantitative estimate of drug-likeness (QED) is 0.693. The first-order valence-electron chi connectivity index (χ1n) is 6.07. The number of aryl methyl sites for hydroxylation is 1. The van der Waals surface area contributed by atoms with Gasteiger partial charge in [-0.05, 0) is 25.1 Å². The van der Waals surface area contributed by atoms with E-state index in [1.54, 1.807) is 0 Å². The van der Waals surface area contributed by atoms with Gasteiger partial charge in [-0.2, -0.15) is 13.2 Å². The minimum absolute atomic E-state index is 0.385. The number of alkyl halides is 3. The zero-order valence-corrected chi connectivity index (χ0v) is 10.6. The average molecular weight is 276 g/mol. The lowest BCUT2D eigenvalue weighted by atomic mass is 10.1. The Labute approximate surface area is 113 Å². The van der Waals surface area contributed by atoms with Gasteiger partial charge < -0.3 is 4.98 Å². The third kappa shape index (κ3) is 2.27. The second kappa shape index (κ2) is 4.37. The Hall–Kier alpha value is -2.30. The largest absolute Gasteiger partial charge is 0.416 e. The molecule has 0 aliphatic heterocycles. The molecule has 0 amide bonds. The van der Waals surface area contributed by atoms with Crippen molar-refractivity contribution in [2.24, 2.45) is 0 Å². The summed E-state index contributed by atoms with van der Waals surface area (Å²) in [6.45, 7) is 1.97. The third-order valence-electron chi connectivity index (χ3n) is 3.13. The highest BCUT2D eigenvalue weighted by molar-refractivity contribution is 5.80. The van der Waals surface area contributed by atoms with Gasteiger partial charge in [0, 0.05) is 5.56 Å². The van der Waals surface area contributed by atoms with E-state index in [1.165, 1.54) is 6.07 Å². The number of aromatic amines is 1. The molecule has 0 fully saturated rings. The zero-order chi connectivity index (χ0) is 14.3. The predicted molar refractivity (Wildman–Crippen MR) is 71.3 cm³/mol. The lowest BCUT2D eigenvalue weighted by Crippen LogP contribution is -2.04. The van der Waals surface area contributed by atoms with E-state index in [0.717, 1.165) is 23.3 Å². The van der Waals surface area contributed by atoms with Crippen molar-refractivity contribution in [3.63, 3.8) is 0 Å². The van der Waals surface area contributed by atoms with Crippen LogP contribution in [0.15, 0.2) is 42.5 Å². The van der Waals surface area contributed by atoms with Crippen LogP contribution in [0.5, 0.6) is 0 Å². The van der Waals surface area contributed by atoms with Crippen molar-refractivity contribution >= 4 is 11.0 Å². The summed E-state index contributed by atoms with van der Waals surface area (Å²) in [4.78, 5) is 7.25. The fourth-order valence-electron chi connectivity index (χ4n) is 2.03. The molecule has 0 bridgehead atoms. The van der Waals surface area contributed by atoms with Crippen LogP contribution in [0.1, 0.15) is 11.1 Å². The first kappa shape index (κ1) is 12.7. The summed E-state index contributed by atoms with van der Waals surface area (Å²) in [6.07, 6.45) is -4.34. The SMILES string of the molecule is Cc1ccc(-c2nc3ccc(C(F)(F)F)cc3[nH]2)cc1. The summed E-state index contributed by atoms with van der Waals surface area (Å²) in [7, 11) is 0. The van der Waals surface area contributed by atoms with Crippen LogP contribution >= 0.6 is 0 Å². The molecular weight excluding hydrogens is 265 g/mol. The van der Waals surface area contributed by atoms with Crippen LogP contribution in [0.4, 0.5) is 13.2 Å². The first-order chi connectivity index (χ1) is 9.43. The smallest absolute Gasteiger partial charge is 0.338 e. The molecule has 2 aromatic carbocycles. The Bertz CT molecular complexity index is 755. The second-order valence-corrected chi connectivity index (χ2v) is 4.68. The van der Waals surface area contributed by atoms with E-state index in [4.69, 9.17) is 0 Å². The van der Waals surface area contributed by atoms with Crippen LogP contribution in [0.3, 0.4) is 0 Å². The molecule has 0 saturated heterocycles. The highest BCUT2D eigenvalue weighted by Crippen LogP contribution is 2.31. The normalized spacial score (nSPS) is 12.0. The molecule has 1 heterocycles. The number of hydrogen-bond donors (Lipinski definition) is 1. The van der Waals surface area contributed by atoms with E-state index in [0.29, 0.717) is 16.9 Å². The van der Waals surface area contributed by atoms with Gasteiger partial charge in [0.25, 0.3) is 0 Å². The van der Waals surface area contributed by atoms with Crippen molar-refractivity contribution in [2.75, 3.05) is 0 Å². The summed E-state index contributed by atoms with van der Waals surface area (Å²) < 4.78 is 38.0. The van der Waals surface area contributed by atoms with Crippen LogP contribution in [0.25, 0.3) is 22.4 Å². The second-order valence-electron chi connectivity index (χ2n) is 4.68. The molecule has 0 aliphatic rings. The Morgan fingerprint density at radius 3 is 2.35 bits per heavy atom. The van der Waals surface area contributed by atoms with Crippen molar-refractivity contribution in [1.82, 2.24) is 9.97 Å². The molecule has 0 aliphatic carbocycles. The maximum atomic E-state index is 12.7. The summed E-state index contributed by atoms with van der Waals surface area (Å²) in [5, 5.41) is 0. The molecule has 5 heteroatoms. The molecular formula is C15H11F3N2. The Morgan fingerprint density at radius 2 is 1.70 bits per heavy atom. The maximum absolute atomic E-state index is 12.7. The molecule has 1 aromatic heterocycles. The highest BCUT2D eigenvalue weighted by atomic mass is 19.4. The van der Waals surface area contributed by atoms with Crippen LogP contribution < -0.4 is 0 Å². The molecule has 0 spiro atoms. The number of nitrogens with zero attached hydrogens (tertiary/aromatic N) is 1. The standard InChI is InChI=1S/C15H11F3N2/c1-9-2-4-10(5-3-9)14-19-12-7-6-11(15(16,17)18)8-13(12)20-14/h2-8H,1H3,(H,19,20). The van der Waals surface area contributed by atoms with Crippen molar-refractivity contribution in [3.8, 4) is 11.4 Å². The minimum atomic E-state index is -4.34. The van der Waals surface area contributed by atoms with Gasteiger partial charge in [-0.15, -0.1) is 0 Å².